The maximum atomic E-state index is 12.5. The first-order valence-corrected chi connectivity index (χ1v) is 8.24. The molecule has 0 spiro atoms. The Hall–Kier alpha value is -2.86. The van der Waals surface area contributed by atoms with Crippen LogP contribution in [0.4, 0.5) is 5.69 Å². The number of fused-ring (bicyclic) bond motifs is 1. The first-order valence-electron chi connectivity index (χ1n) is 7.87. The van der Waals surface area contributed by atoms with Crippen LogP contribution in [-0.2, 0) is 0 Å². The van der Waals surface area contributed by atoms with Crippen molar-refractivity contribution in [2.24, 2.45) is 0 Å². The van der Waals surface area contributed by atoms with Gasteiger partial charge in [-0.3, -0.25) is 9.59 Å². The zero-order valence-electron chi connectivity index (χ0n) is 14.1. The van der Waals surface area contributed by atoms with Gasteiger partial charge in [-0.05, 0) is 50.2 Å². The average Bonchev–Trinajstić information content (AvgIpc) is 2.55. The third-order valence-corrected chi connectivity index (χ3v) is 4.30. The largest absolute Gasteiger partial charge is 0.487 e. The Kier molecular flexibility index (Phi) is 4.46. The smallest absolute Gasteiger partial charge is 0.337 e. The van der Waals surface area contributed by atoms with Gasteiger partial charge in [-0.25, -0.2) is 4.79 Å². The van der Waals surface area contributed by atoms with Gasteiger partial charge >= 0.3 is 5.97 Å². The number of carbonyl (C=O) groups is 3. The van der Waals surface area contributed by atoms with Crippen molar-refractivity contribution in [3.8, 4) is 5.75 Å². The van der Waals surface area contributed by atoms with Crippen LogP contribution in [-0.4, -0.2) is 28.4 Å². The fourth-order valence-electron chi connectivity index (χ4n) is 2.76. The number of Topliss-reactive ketones (excluding diaryl/α,β-unsaturated/α-hetero) is 1. The molecule has 2 N–H and O–H groups in total. The summed E-state index contributed by atoms with van der Waals surface area (Å²) in [7, 11) is 0. The number of ether oxygens (including phenoxy) is 1. The van der Waals surface area contributed by atoms with Crippen molar-refractivity contribution in [2.45, 2.75) is 25.9 Å². The Morgan fingerprint density at radius 2 is 1.92 bits per heavy atom. The van der Waals surface area contributed by atoms with Crippen LogP contribution in [0.25, 0.3) is 0 Å². The van der Waals surface area contributed by atoms with Crippen molar-refractivity contribution < 1.29 is 24.2 Å². The number of rotatable bonds is 3. The van der Waals surface area contributed by atoms with Gasteiger partial charge in [0.05, 0.1) is 22.6 Å². The second-order valence-corrected chi connectivity index (χ2v) is 7.03. The van der Waals surface area contributed by atoms with Crippen molar-refractivity contribution in [1.82, 2.24) is 0 Å². The molecule has 134 valence electrons. The van der Waals surface area contributed by atoms with E-state index in [1.165, 1.54) is 24.3 Å². The number of carbonyl (C=O) groups excluding carboxylic acids is 2. The number of hydrogen-bond acceptors (Lipinski definition) is 4. The number of aromatic carboxylic acids is 1. The number of ketones is 1. The average molecular weight is 374 g/mol. The van der Waals surface area contributed by atoms with Crippen LogP contribution in [0.15, 0.2) is 36.4 Å². The molecule has 2 aromatic carbocycles. The van der Waals surface area contributed by atoms with Crippen molar-refractivity contribution in [3.05, 3.63) is 58.1 Å². The standard InChI is InChI=1S/C19H16ClNO5/c1-19(2)9-15(22)13-7-10(3-6-16(13)26-19)17(23)21-11-4-5-14(20)12(8-11)18(24)25/h3-8H,9H2,1-2H3,(H,21,23)(H,24,25). The summed E-state index contributed by atoms with van der Waals surface area (Å²) >= 11 is 5.82. The summed E-state index contributed by atoms with van der Waals surface area (Å²) < 4.78 is 5.77. The molecule has 1 amide bonds. The maximum absolute atomic E-state index is 12.5. The fraction of sp³-hybridized carbons (Fsp3) is 0.211. The molecule has 1 aliphatic heterocycles. The number of benzene rings is 2. The predicted molar refractivity (Wildman–Crippen MR) is 96.5 cm³/mol. The fourth-order valence-corrected chi connectivity index (χ4v) is 2.96. The molecular weight excluding hydrogens is 358 g/mol. The summed E-state index contributed by atoms with van der Waals surface area (Å²) in [6.45, 7) is 3.66. The number of nitrogens with one attached hydrogen (secondary N) is 1. The van der Waals surface area contributed by atoms with Gasteiger partial charge in [0.15, 0.2) is 5.78 Å². The van der Waals surface area contributed by atoms with Crippen molar-refractivity contribution in [3.63, 3.8) is 0 Å². The van der Waals surface area contributed by atoms with Crippen LogP contribution in [0, 0.1) is 0 Å². The summed E-state index contributed by atoms with van der Waals surface area (Å²) in [5.74, 6) is -1.30. The van der Waals surface area contributed by atoms with E-state index in [1.54, 1.807) is 12.1 Å². The van der Waals surface area contributed by atoms with E-state index in [1.807, 2.05) is 13.8 Å². The molecule has 0 aliphatic carbocycles. The van der Waals surface area contributed by atoms with Gasteiger partial charge in [-0.2, -0.15) is 0 Å². The molecule has 26 heavy (non-hydrogen) atoms. The SMILES string of the molecule is CC1(C)CC(=O)c2cc(C(=O)Nc3ccc(Cl)c(C(=O)O)c3)ccc2O1. The van der Waals surface area contributed by atoms with Gasteiger partial charge in [0.2, 0.25) is 0 Å². The molecule has 0 bridgehead atoms. The van der Waals surface area contributed by atoms with Gasteiger partial charge in [0, 0.05) is 11.3 Å². The van der Waals surface area contributed by atoms with Crippen LogP contribution < -0.4 is 10.1 Å². The number of hydrogen-bond donors (Lipinski definition) is 2. The minimum Gasteiger partial charge on any atom is -0.487 e. The minimum absolute atomic E-state index is 0.0784. The zero-order valence-corrected chi connectivity index (χ0v) is 14.9. The maximum Gasteiger partial charge on any atom is 0.337 e. The van der Waals surface area contributed by atoms with Gasteiger partial charge in [-0.15, -0.1) is 0 Å². The van der Waals surface area contributed by atoms with Crippen molar-refractivity contribution in [2.75, 3.05) is 5.32 Å². The van der Waals surface area contributed by atoms with E-state index in [4.69, 9.17) is 21.4 Å². The Morgan fingerprint density at radius 3 is 2.62 bits per heavy atom. The number of amides is 1. The second kappa shape index (κ2) is 6.46. The molecule has 0 aromatic heterocycles. The Labute approximate surface area is 154 Å². The summed E-state index contributed by atoms with van der Waals surface area (Å²) in [6.07, 6.45) is 0.226. The number of halogens is 1. The van der Waals surface area contributed by atoms with Crippen LogP contribution in [0.3, 0.4) is 0 Å². The first-order chi connectivity index (χ1) is 12.2. The van der Waals surface area contributed by atoms with Crippen LogP contribution >= 0.6 is 11.6 Å². The van der Waals surface area contributed by atoms with Gasteiger partial charge in [0.1, 0.15) is 11.4 Å². The topological polar surface area (TPSA) is 92.7 Å². The molecule has 3 rings (SSSR count). The molecule has 0 saturated carbocycles. The van der Waals surface area contributed by atoms with Crippen molar-refractivity contribution in [1.29, 1.82) is 0 Å². The molecular formula is C19H16ClNO5. The molecule has 0 unspecified atom stereocenters. The molecule has 0 fully saturated rings. The van der Waals surface area contributed by atoms with Gasteiger partial charge in [-0.1, -0.05) is 11.6 Å². The second-order valence-electron chi connectivity index (χ2n) is 6.63. The van der Waals surface area contributed by atoms with E-state index in [2.05, 4.69) is 5.32 Å². The lowest BCUT2D eigenvalue weighted by Crippen LogP contribution is -2.36. The van der Waals surface area contributed by atoms with E-state index in [-0.39, 0.29) is 28.4 Å². The number of carboxylic acids is 1. The molecule has 0 atom stereocenters. The summed E-state index contributed by atoms with van der Waals surface area (Å²) in [4.78, 5) is 35.9. The van der Waals surface area contributed by atoms with E-state index in [0.29, 0.717) is 17.0 Å². The van der Waals surface area contributed by atoms with E-state index in [0.717, 1.165) is 0 Å². The minimum atomic E-state index is -1.19. The van der Waals surface area contributed by atoms with E-state index in [9.17, 15) is 14.4 Å². The molecule has 0 saturated heterocycles. The third kappa shape index (κ3) is 3.55. The highest BCUT2D eigenvalue weighted by Gasteiger charge is 2.32. The molecule has 1 heterocycles. The summed E-state index contributed by atoms with van der Waals surface area (Å²) in [5.41, 5.74) is 0.232. The van der Waals surface area contributed by atoms with Crippen LogP contribution in [0.1, 0.15) is 51.3 Å². The highest BCUT2D eigenvalue weighted by Crippen LogP contribution is 2.33. The van der Waals surface area contributed by atoms with Crippen LogP contribution in [0.2, 0.25) is 5.02 Å². The van der Waals surface area contributed by atoms with Gasteiger partial charge in [0.25, 0.3) is 5.91 Å². The Balaban J connectivity index is 1.86. The highest BCUT2D eigenvalue weighted by atomic mass is 35.5. The normalized spacial score (nSPS) is 15.0. The summed E-state index contributed by atoms with van der Waals surface area (Å²) in [6, 6.07) is 8.80. The monoisotopic (exact) mass is 373 g/mol. The molecule has 1 aliphatic rings. The van der Waals surface area contributed by atoms with E-state index < -0.39 is 17.5 Å². The quantitative estimate of drug-likeness (QED) is 0.847. The predicted octanol–water partition coefficient (Wildman–Crippen LogP) is 4.03. The molecule has 6 nitrogen and oxygen atoms in total. The van der Waals surface area contributed by atoms with Crippen molar-refractivity contribution >= 4 is 34.9 Å². The third-order valence-electron chi connectivity index (χ3n) is 3.97. The molecule has 0 radical (unpaired) electrons. The molecule has 7 heteroatoms. The zero-order chi connectivity index (χ0) is 19.1. The molecule has 2 aromatic rings. The number of anilines is 1. The lowest BCUT2D eigenvalue weighted by atomic mass is 9.92. The first kappa shape index (κ1) is 17.9. The highest BCUT2D eigenvalue weighted by molar-refractivity contribution is 6.33. The van der Waals surface area contributed by atoms with Gasteiger partial charge < -0.3 is 15.2 Å². The summed E-state index contributed by atoms with van der Waals surface area (Å²) in [5, 5.41) is 11.8. The van der Waals surface area contributed by atoms with E-state index >= 15 is 0 Å². The lowest BCUT2D eigenvalue weighted by Gasteiger charge is -2.31. The van der Waals surface area contributed by atoms with Crippen LogP contribution in [0.5, 0.6) is 5.75 Å². The number of carboxylic acid groups (broad SMARTS) is 1. The Morgan fingerprint density at radius 1 is 1.19 bits per heavy atom. The Bertz CT molecular complexity index is 936. The lowest BCUT2D eigenvalue weighted by molar-refractivity contribution is 0.0618.